The molecule has 19 heavy (non-hydrogen) atoms. The van der Waals surface area contributed by atoms with Gasteiger partial charge in [0.1, 0.15) is 10.6 Å². The van der Waals surface area contributed by atoms with Crippen LogP contribution < -0.4 is 5.32 Å². The smallest absolute Gasteiger partial charge is 0.225 e. The minimum atomic E-state index is 0.256. The maximum Gasteiger partial charge on any atom is 0.225 e. The highest BCUT2D eigenvalue weighted by Gasteiger charge is 2.08. The van der Waals surface area contributed by atoms with Crippen LogP contribution in [0.15, 0.2) is 34.1 Å². The summed E-state index contributed by atoms with van der Waals surface area (Å²) in [5, 5.41) is 6.51. The molecule has 0 fully saturated rings. The van der Waals surface area contributed by atoms with E-state index in [1.54, 1.807) is 11.3 Å². The number of benzene rings is 1. The van der Waals surface area contributed by atoms with E-state index >= 15 is 0 Å². The molecule has 0 unspecified atom stereocenters. The van der Waals surface area contributed by atoms with Crippen LogP contribution in [0.2, 0.25) is 5.28 Å². The summed E-state index contributed by atoms with van der Waals surface area (Å²) >= 11 is 11.0. The van der Waals surface area contributed by atoms with Crippen molar-refractivity contribution in [3.8, 4) is 0 Å². The summed E-state index contributed by atoms with van der Waals surface area (Å²) in [5.74, 6) is 0.734. The van der Waals surface area contributed by atoms with Gasteiger partial charge in [0.25, 0.3) is 0 Å². The molecule has 0 spiro atoms. The van der Waals surface area contributed by atoms with E-state index in [4.69, 9.17) is 11.6 Å². The molecule has 96 valence electrons. The maximum atomic E-state index is 5.94. The minimum absolute atomic E-state index is 0.256. The molecule has 0 aliphatic carbocycles. The molecule has 1 aromatic carbocycles. The summed E-state index contributed by atoms with van der Waals surface area (Å²) < 4.78 is 1.08. The van der Waals surface area contributed by atoms with Crippen LogP contribution in [0.25, 0.3) is 10.2 Å². The minimum Gasteiger partial charge on any atom is -0.340 e. The summed E-state index contributed by atoms with van der Waals surface area (Å²) in [4.78, 5) is 9.34. The maximum absolute atomic E-state index is 5.94. The van der Waals surface area contributed by atoms with Crippen molar-refractivity contribution in [2.75, 3.05) is 5.32 Å². The third-order valence-corrected chi connectivity index (χ3v) is 4.58. The molecule has 0 saturated carbocycles. The van der Waals surface area contributed by atoms with Crippen molar-refractivity contribution in [1.82, 2.24) is 9.97 Å². The first-order chi connectivity index (χ1) is 9.13. The molecule has 3 rings (SSSR count). The largest absolute Gasteiger partial charge is 0.340 e. The van der Waals surface area contributed by atoms with E-state index in [9.17, 15) is 0 Å². The number of hydrogen-bond donors (Lipinski definition) is 1. The SMILES string of the molecule is Cc1cc(Nc2nc(Cl)nc3sccc23)ccc1Br. The number of halogens is 2. The molecule has 3 aromatic rings. The quantitative estimate of drug-likeness (QED) is 0.646. The Kier molecular flexibility index (Phi) is 3.43. The van der Waals surface area contributed by atoms with Gasteiger partial charge in [0.2, 0.25) is 5.28 Å². The molecule has 0 amide bonds. The van der Waals surface area contributed by atoms with Crippen molar-refractivity contribution in [1.29, 1.82) is 0 Å². The number of fused-ring (bicyclic) bond motifs is 1. The third-order valence-electron chi connectivity index (χ3n) is 2.72. The Bertz CT molecular complexity index is 757. The van der Waals surface area contributed by atoms with Gasteiger partial charge in [-0.15, -0.1) is 11.3 Å². The van der Waals surface area contributed by atoms with Crippen LogP contribution in [-0.4, -0.2) is 9.97 Å². The average molecular weight is 355 g/mol. The van der Waals surface area contributed by atoms with Gasteiger partial charge in [0, 0.05) is 10.2 Å². The van der Waals surface area contributed by atoms with Crippen LogP contribution in [0, 0.1) is 6.92 Å². The van der Waals surface area contributed by atoms with Gasteiger partial charge < -0.3 is 5.32 Å². The van der Waals surface area contributed by atoms with E-state index < -0.39 is 0 Å². The van der Waals surface area contributed by atoms with Gasteiger partial charge in [-0.1, -0.05) is 15.9 Å². The summed E-state index contributed by atoms with van der Waals surface area (Å²) in [6.45, 7) is 2.04. The molecule has 1 N–H and O–H groups in total. The van der Waals surface area contributed by atoms with Crippen LogP contribution in [-0.2, 0) is 0 Å². The Morgan fingerprint density at radius 2 is 2.11 bits per heavy atom. The molecule has 0 atom stereocenters. The van der Waals surface area contributed by atoms with E-state index in [2.05, 4.69) is 37.3 Å². The zero-order valence-electron chi connectivity index (χ0n) is 9.95. The van der Waals surface area contributed by atoms with Crippen LogP contribution in [0.4, 0.5) is 11.5 Å². The Labute approximate surface area is 127 Å². The molecule has 0 radical (unpaired) electrons. The van der Waals surface area contributed by atoms with Crippen LogP contribution in [0.5, 0.6) is 0 Å². The second kappa shape index (κ2) is 5.07. The number of rotatable bonds is 2. The van der Waals surface area contributed by atoms with E-state index in [1.165, 1.54) is 0 Å². The predicted octanol–water partition coefficient (Wildman–Crippen LogP) is 5.16. The standard InChI is InChI=1S/C13H9BrClN3S/c1-7-6-8(2-3-10(7)14)16-11-9-4-5-19-12(9)18-13(15)17-11/h2-6H,1H3,(H,16,17,18). The molecule has 0 aliphatic rings. The van der Waals surface area contributed by atoms with Crippen molar-refractivity contribution in [2.45, 2.75) is 6.92 Å². The Balaban J connectivity index is 2.04. The summed E-state index contributed by atoms with van der Waals surface area (Å²) in [5.41, 5.74) is 2.13. The van der Waals surface area contributed by atoms with Gasteiger partial charge in [-0.2, -0.15) is 4.98 Å². The molecule has 2 aromatic heterocycles. The van der Waals surface area contributed by atoms with Crippen LogP contribution >= 0.6 is 38.9 Å². The molecule has 6 heteroatoms. The highest BCUT2D eigenvalue weighted by atomic mass is 79.9. The van der Waals surface area contributed by atoms with E-state index in [-0.39, 0.29) is 5.28 Å². The van der Waals surface area contributed by atoms with Crippen molar-refractivity contribution >= 4 is 60.6 Å². The summed E-state index contributed by atoms with van der Waals surface area (Å²) in [6, 6.07) is 8.04. The van der Waals surface area contributed by atoms with Crippen molar-refractivity contribution < 1.29 is 0 Å². The Morgan fingerprint density at radius 3 is 2.89 bits per heavy atom. The number of anilines is 2. The fourth-order valence-corrected chi connectivity index (χ4v) is 3.01. The van der Waals surface area contributed by atoms with E-state index in [1.807, 2.05) is 30.5 Å². The molecule has 2 heterocycles. The lowest BCUT2D eigenvalue weighted by Gasteiger charge is -2.08. The number of nitrogens with zero attached hydrogens (tertiary/aromatic N) is 2. The van der Waals surface area contributed by atoms with E-state index in [0.717, 1.165) is 31.8 Å². The van der Waals surface area contributed by atoms with E-state index in [0.29, 0.717) is 0 Å². The van der Waals surface area contributed by atoms with Gasteiger partial charge >= 0.3 is 0 Å². The Hall–Kier alpha value is -1.17. The van der Waals surface area contributed by atoms with Gasteiger partial charge in [0.05, 0.1) is 5.39 Å². The second-order valence-electron chi connectivity index (χ2n) is 4.07. The second-order valence-corrected chi connectivity index (χ2v) is 6.16. The lowest BCUT2D eigenvalue weighted by molar-refractivity contribution is 1.23. The molecular weight excluding hydrogens is 346 g/mol. The van der Waals surface area contributed by atoms with Crippen molar-refractivity contribution in [3.05, 3.63) is 45.0 Å². The van der Waals surface area contributed by atoms with Crippen molar-refractivity contribution in [3.63, 3.8) is 0 Å². The van der Waals surface area contributed by atoms with Gasteiger partial charge in [-0.3, -0.25) is 0 Å². The predicted molar refractivity (Wildman–Crippen MR) is 84.6 cm³/mol. The molecule has 3 nitrogen and oxygen atoms in total. The van der Waals surface area contributed by atoms with Gasteiger partial charge in [0.15, 0.2) is 0 Å². The van der Waals surface area contributed by atoms with Gasteiger partial charge in [-0.25, -0.2) is 4.98 Å². The van der Waals surface area contributed by atoms with Crippen molar-refractivity contribution in [2.24, 2.45) is 0 Å². The summed E-state index contributed by atoms with van der Waals surface area (Å²) in [7, 11) is 0. The first kappa shape index (κ1) is 12.8. The first-order valence-electron chi connectivity index (χ1n) is 5.57. The number of thiophene rings is 1. The fourth-order valence-electron chi connectivity index (χ4n) is 1.78. The average Bonchev–Trinajstić information content (AvgIpc) is 2.82. The lowest BCUT2D eigenvalue weighted by atomic mass is 10.2. The normalized spacial score (nSPS) is 10.9. The van der Waals surface area contributed by atoms with Gasteiger partial charge in [-0.05, 0) is 53.7 Å². The molecular formula is C13H9BrClN3S. The summed E-state index contributed by atoms with van der Waals surface area (Å²) in [6.07, 6.45) is 0. The molecule has 0 saturated heterocycles. The third kappa shape index (κ3) is 2.59. The van der Waals surface area contributed by atoms with Crippen LogP contribution in [0.1, 0.15) is 5.56 Å². The molecule has 0 bridgehead atoms. The number of hydrogen-bond acceptors (Lipinski definition) is 4. The highest BCUT2D eigenvalue weighted by molar-refractivity contribution is 9.10. The lowest BCUT2D eigenvalue weighted by Crippen LogP contribution is -1.96. The molecule has 0 aliphatic heterocycles. The fraction of sp³-hybridized carbons (Fsp3) is 0.0769. The number of aromatic nitrogens is 2. The monoisotopic (exact) mass is 353 g/mol. The van der Waals surface area contributed by atoms with Crippen LogP contribution in [0.3, 0.4) is 0 Å². The zero-order chi connectivity index (χ0) is 13.4. The highest BCUT2D eigenvalue weighted by Crippen LogP contribution is 2.29. The number of aryl methyl sites for hydroxylation is 1. The first-order valence-corrected chi connectivity index (χ1v) is 7.62. The number of nitrogens with one attached hydrogen (secondary N) is 1. The zero-order valence-corrected chi connectivity index (χ0v) is 13.1. The Morgan fingerprint density at radius 1 is 1.26 bits per heavy atom. The topological polar surface area (TPSA) is 37.8 Å².